The Bertz CT molecular complexity index is 573. The van der Waals surface area contributed by atoms with Crippen molar-refractivity contribution in [3.63, 3.8) is 0 Å². The van der Waals surface area contributed by atoms with E-state index in [0.29, 0.717) is 18.1 Å². The molecule has 0 spiro atoms. The minimum atomic E-state index is -0.367. The van der Waals surface area contributed by atoms with Gasteiger partial charge >= 0.3 is 0 Å². The Balaban J connectivity index is 0.00000161. The second-order valence-corrected chi connectivity index (χ2v) is 5.72. The number of benzene rings is 1. The van der Waals surface area contributed by atoms with E-state index < -0.39 is 0 Å². The Hall–Kier alpha value is -1.39. The molecule has 0 unspecified atom stereocenters. The van der Waals surface area contributed by atoms with Gasteiger partial charge in [0.15, 0.2) is 5.82 Å². The number of hydrogen-bond acceptors (Lipinski definition) is 4. The zero-order valence-corrected chi connectivity index (χ0v) is 13.2. The molecule has 0 bridgehead atoms. The van der Waals surface area contributed by atoms with Gasteiger partial charge in [-0.2, -0.15) is 4.98 Å². The van der Waals surface area contributed by atoms with Crippen LogP contribution in [0.15, 0.2) is 28.8 Å². The minimum Gasteiger partial charge on any atom is -0.339 e. The number of rotatable bonds is 4. The summed E-state index contributed by atoms with van der Waals surface area (Å²) in [6, 6.07) is 8.54. The van der Waals surface area contributed by atoms with Gasteiger partial charge in [0.2, 0.25) is 5.89 Å². The molecule has 1 aliphatic carbocycles. The zero-order chi connectivity index (χ0) is 14.0. The molecule has 2 N–H and O–H groups in total. The van der Waals surface area contributed by atoms with Crippen LogP contribution < -0.4 is 5.73 Å². The van der Waals surface area contributed by atoms with Crippen molar-refractivity contribution in [3.8, 4) is 0 Å². The molecule has 4 nitrogen and oxygen atoms in total. The molecule has 2 aromatic rings. The standard InChI is InChI=1S/C16H21N3O.ClH/c1-2-12-5-7-13(8-6-12)11-14-18-15(19-20-14)16(17)9-3-4-10-16;/h5-8H,2-4,9-11,17H2,1H3;1H. The Morgan fingerprint density at radius 1 is 1.14 bits per heavy atom. The first-order valence-corrected chi connectivity index (χ1v) is 7.39. The van der Waals surface area contributed by atoms with E-state index in [4.69, 9.17) is 10.3 Å². The summed E-state index contributed by atoms with van der Waals surface area (Å²) in [6.07, 6.45) is 5.94. The van der Waals surface area contributed by atoms with Crippen molar-refractivity contribution >= 4 is 12.4 Å². The molecule has 1 aliphatic rings. The summed E-state index contributed by atoms with van der Waals surface area (Å²) in [5, 5.41) is 4.09. The van der Waals surface area contributed by atoms with Crippen LogP contribution in [0.3, 0.4) is 0 Å². The molecule has 5 heteroatoms. The lowest BCUT2D eigenvalue weighted by molar-refractivity contribution is 0.352. The molecular formula is C16H22ClN3O. The van der Waals surface area contributed by atoms with Crippen molar-refractivity contribution in [2.24, 2.45) is 5.73 Å². The summed E-state index contributed by atoms with van der Waals surface area (Å²) in [4.78, 5) is 4.50. The lowest BCUT2D eigenvalue weighted by atomic mass is 9.99. The highest BCUT2D eigenvalue weighted by molar-refractivity contribution is 5.85. The summed E-state index contributed by atoms with van der Waals surface area (Å²) in [6.45, 7) is 2.15. The highest BCUT2D eigenvalue weighted by Crippen LogP contribution is 2.34. The zero-order valence-electron chi connectivity index (χ0n) is 12.3. The lowest BCUT2D eigenvalue weighted by Crippen LogP contribution is -2.34. The number of hydrogen-bond donors (Lipinski definition) is 1. The second kappa shape index (κ2) is 6.58. The van der Waals surface area contributed by atoms with Crippen LogP contribution >= 0.6 is 12.4 Å². The smallest absolute Gasteiger partial charge is 0.231 e. The van der Waals surface area contributed by atoms with E-state index in [0.717, 1.165) is 32.1 Å². The molecule has 0 radical (unpaired) electrons. The second-order valence-electron chi connectivity index (χ2n) is 5.72. The quantitative estimate of drug-likeness (QED) is 0.940. The van der Waals surface area contributed by atoms with Crippen LogP contribution in [-0.2, 0) is 18.4 Å². The summed E-state index contributed by atoms with van der Waals surface area (Å²) < 4.78 is 5.36. The summed E-state index contributed by atoms with van der Waals surface area (Å²) >= 11 is 0. The predicted octanol–water partition coefficient (Wildman–Crippen LogP) is 3.37. The average molecular weight is 308 g/mol. The van der Waals surface area contributed by atoms with Crippen molar-refractivity contribution in [2.45, 2.75) is 51.0 Å². The molecule has 0 amide bonds. The van der Waals surface area contributed by atoms with E-state index in [1.165, 1.54) is 11.1 Å². The normalized spacial score (nSPS) is 16.7. The number of nitrogens with zero attached hydrogens (tertiary/aromatic N) is 2. The van der Waals surface area contributed by atoms with E-state index >= 15 is 0 Å². The molecular weight excluding hydrogens is 286 g/mol. The van der Waals surface area contributed by atoms with Gasteiger partial charge in [0.1, 0.15) is 0 Å². The summed E-state index contributed by atoms with van der Waals surface area (Å²) in [5.74, 6) is 1.33. The Morgan fingerprint density at radius 2 is 1.76 bits per heavy atom. The van der Waals surface area contributed by atoms with Gasteiger partial charge in [-0.3, -0.25) is 0 Å². The van der Waals surface area contributed by atoms with Gasteiger partial charge in [-0.15, -0.1) is 12.4 Å². The maximum Gasteiger partial charge on any atom is 0.231 e. The van der Waals surface area contributed by atoms with Crippen molar-refractivity contribution in [2.75, 3.05) is 0 Å². The van der Waals surface area contributed by atoms with Gasteiger partial charge in [0, 0.05) is 0 Å². The molecule has 1 aromatic heterocycles. The predicted molar refractivity (Wildman–Crippen MR) is 84.5 cm³/mol. The van der Waals surface area contributed by atoms with Crippen LogP contribution in [-0.4, -0.2) is 10.1 Å². The van der Waals surface area contributed by atoms with Crippen LogP contribution in [0.25, 0.3) is 0 Å². The van der Waals surface area contributed by atoms with E-state index in [-0.39, 0.29) is 17.9 Å². The molecule has 114 valence electrons. The Morgan fingerprint density at radius 3 is 2.38 bits per heavy atom. The highest BCUT2D eigenvalue weighted by atomic mass is 35.5. The monoisotopic (exact) mass is 307 g/mol. The Kier molecular flexibility index (Phi) is 5.01. The van der Waals surface area contributed by atoms with E-state index in [9.17, 15) is 0 Å². The van der Waals surface area contributed by atoms with Crippen LogP contribution in [0.2, 0.25) is 0 Å². The SMILES string of the molecule is CCc1ccc(Cc2nc(C3(N)CCCC3)no2)cc1.Cl. The van der Waals surface area contributed by atoms with Gasteiger partial charge in [-0.25, -0.2) is 0 Å². The maximum absolute atomic E-state index is 6.34. The van der Waals surface area contributed by atoms with Crippen molar-refractivity contribution in [1.29, 1.82) is 0 Å². The molecule has 0 saturated heterocycles. The van der Waals surface area contributed by atoms with Crippen LogP contribution in [0.5, 0.6) is 0 Å². The summed E-state index contributed by atoms with van der Waals surface area (Å²) in [7, 11) is 0. The molecule has 21 heavy (non-hydrogen) atoms. The lowest BCUT2D eigenvalue weighted by Gasteiger charge is -2.17. The fourth-order valence-corrected chi connectivity index (χ4v) is 2.83. The van der Waals surface area contributed by atoms with Gasteiger partial charge in [-0.1, -0.05) is 49.2 Å². The topological polar surface area (TPSA) is 64.9 Å². The van der Waals surface area contributed by atoms with Crippen LogP contribution in [0.4, 0.5) is 0 Å². The van der Waals surface area contributed by atoms with Gasteiger partial charge in [-0.05, 0) is 30.4 Å². The van der Waals surface area contributed by atoms with Crippen LogP contribution in [0.1, 0.15) is 55.4 Å². The number of aromatic nitrogens is 2. The number of aryl methyl sites for hydroxylation is 1. The fourth-order valence-electron chi connectivity index (χ4n) is 2.83. The van der Waals surface area contributed by atoms with Gasteiger partial charge in [0.25, 0.3) is 0 Å². The first kappa shape index (κ1) is 16.0. The largest absolute Gasteiger partial charge is 0.339 e. The minimum absolute atomic E-state index is 0. The molecule has 1 fully saturated rings. The van der Waals surface area contributed by atoms with E-state index in [2.05, 4.69) is 41.3 Å². The van der Waals surface area contributed by atoms with E-state index in [1.807, 2.05) is 0 Å². The van der Waals surface area contributed by atoms with Crippen molar-refractivity contribution in [3.05, 3.63) is 47.1 Å². The molecule has 1 heterocycles. The molecule has 0 aliphatic heterocycles. The molecule has 0 atom stereocenters. The summed E-state index contributed by atoms with van der Waals surface area (Å²) in [5.41, 5.74) is 8.50. The first-order valence-electron chi connectivity index (χ1n) is 7.39. The van der Waals surface area contributed by atoms with Crippen molar-refractivity contribution < 1.29 is 4.52 Å². The third kappa shape index (κ3) is 3.44. The number of halogens is 1. The first-order chi connectivity index (χ1) is 9.69. The molecule has 3 rings (SSSR count). The third-order valence-electron chi connectivity index (χ3n) is 4.20. The Labute approximate surface area is 131 Å². The maximum atomic E-state index is 6.34. The van der Waals surface area contributed by atoms with Gasteiger partial charge in [0.05, 0.1) is 12.0 Å². The van der Waals surface area contributed by atoms with Crippen molar-refractivity contribution in [1.82, 2.24) is 10.1 Å². The number of nitrogens with two attached hydrogens (primary N) is 1. The third-order valence-corrected chi connectivity index (χ3v) is 4.20. The fraction of sp³-hybridized carbons (Fsp3) is 0.500. The highest BCUT2D eigenvalue weighted by Gasteiger charge is 2.35. The average Bonchev–Trinajstić information content (AvgIpc) is 3.10. The molecule has 1 aromatic carbocycles. The molecule has 1 saturated carbocycles. The van der Waals surface area contributed by atoms with Gasteiger partial charge < -0.3 is 10.3 Å². The van der Waals surface area contributed by atoms with Crippen LogP contribution in [0, 0.1) is 0 Å². The van der Waals surface area contributed by atoms with E-state index in [1.54, 1.807) is 0 Å².